The summed E-state index contributed by atoms with van der Waals surface area (Å²) in [4.78, 5) is 27.5. The molecular weight excluding hydrogens is 458 g/mol. The third-order valence-electron chi connectivity index (χ3n) is 6.73. The number of fused-ring (bicyclic) bond motifs is 2. The molecule has 1 aliphatic rings. The fraction of sp³-hybridized carbons (Fsp3) is 0.480. The van der Waals surface area contributed by atoms with Crippen LogP contribution in [0.5, 0.6) is 0 Å². The van der Waals surface area contributed by atoms with Crippen molar-refractivity contribution in [3.63, 3.8) is 0 Å². The lowest BCUT2D eigenvalue weighted by Crippen LogP contribution is -2.30. The number of hydrogen-bond acceptors (Lipinski definition) is 6. The lowest BCUT2D eigenvalue weighted by Gasteiger charge is -2.22. The SMILES string of the molecule is C[Si](C)(C)CCOCn1c(=O)n(C2CCCCC2)c2nc(-c3cnc4ccc(C#N)cn34)ncc21. The molecule has 1 saturated carbocycles. The van der Waals surface area contributed by atoms with Crippen molar-refractivity contribution in [2.45, 2.75) is 70.6 Å². The first-order valence-corrected chi connectivity index (χ1v) is 16.0. The highest BCUT2D eigenvalue weighted by Gasteiger charge is 2.25. The Morgan fingerprint density at radius 2 is 1.94 bits per heavy atom. The minimum atomic E-state index is -1.22. The van der Waals surface area contributed by atoms with E-state index in [1.54, 1.807) is 35.3 Å². The van der Waals surface area contributed by atoms with E-state index in [0.29, 0.717) is 40.5 Å². The van der Waals surface area contributed by atoms with Crippen LogP contribution in [-0.4, -0.2) is 43.2 Å². The smallest absolute Gasteiger partial charge is 0.332 e. The first kappa shape index (κ1) is 23.4. The molecule has 0 N–H and O–H groups in total. The highest BCUT2D eigenvalue weighted by molar-refractivity contribution is 6.76. The Labute approximate surface area is 205 Å². The van der Waals surface area contributed by atoms with Crippen molar-refractivity contribution in [3.05, 3.63) is 46.8 Å². The van der Waals surface area contributed by atoms with E-state index in [4.69, 9.17) is 9.72 Å². The van der Waals surface area contributed by atoms with Gasteiger partial charge >= 0.3 is 5.69 Å². The summed E-state index contributed by atoms with van der Waals surface area (Å²) in [6.45, 7) is 7.77. The molecule has 0 unspecified atom stereocenters. The van der Waals surface area contributed by atoms with Gasteiger partial charge in [0.25, 0.3) is 0 Å². The maximum Gasteiger partial charge on any atom is 0.332 e. The van der Waals surface area contributed by atoms with E-state index in [-0.39, 0.29) is 18.5 Å². The second kappa shape index (κ2) is 9.39. The molecule has 0 atom stereocenters. The van der Waals surface area contributed by atoms with E-state index in [1.165, 1.54) is 6.42 Å². The standard InChI is InChI=1S/C25H31N7O2Si/c1-35(2,3)12-11-34-17-31-21-15-28-23(20-14-27-22-10-9-18(13-26)16-30(20)22)29-24(21)32(25(31)33)19-7-5-4-6-8-19/h9-10,14-16,19H,4-8,11-12,17H2,1-3H3. The number of aromatic nitrogens is 6. The topological polar surface area (TPSA) is 103 Å². The van der Waals surface area contributed by atoms with Crippen LogP contribution >= 0.6 is 0 Å². The molecule has 10 heteroatoms. The molecule has 0 amide bonds. The number of pyridine rings is 1. The van der Waals surface area contributed by atoms with Crippen molar-refractivity contribution in [3.8, 4) is 17.6 Å². The Morgan fingerprint density at radius 3 is 2.69 bits per heavy atom. The Hall–Kier alpha value is -3.29. The van der Waals surface area contributed by atoms with Gasteiger partial charge in [-0.2, -0.15) is 5.26 Å². The zero-order chi connectivity index (χ0) is 24.6. The van der Waals surface area contributed by atoms with Gasteiger partial charge in [0.1, 0.15) is 29.7 Å². The number of rotatable bonds is 7. The Bertz CT molecular complexity index is 1470. The molecule has 9 nitrogen and oxygen atoms in total. The molecule has 0 saturated heterocycles. The molecular formula is C25H31N7O2Si. The summed E-state index contributed by atoms with van der Waals surface area (Å²) in [6, 6.07) is 6.86. The number of hydrogen-bond donors (Lipinski definition) is 0. The fourth-order valence-electron chi connectivity index (χ4n) is 4.72. The predicted octanol–water partition coefficient (Wildman–Crippen LogP) is 4.60. The van der Waals surface area contributed by atoms with Gasteiger partial charge in [0, 0.05) is 26.9 Å². The van der Waals surface area contributed by atoms with Gasteiger partial charge in [-0.25, -0.2) is 19.7 Å². The van der Waals surface area contributed by atoms with Crippen molar-refractivity contribution >= 4 is 24.9 Å². The van der Waals surface area contributed by atoms with E-state index in [0.717, 1.165) is 31.7 Å². The van der Waals surface area contributed by atoms with Gasteiger partial charge in [-0.15, -0.1) is 0 Å². The first-order valence-electron chi connectivity index (χ1n) is 12.3. The Balaban J connectivity index is 1.58. The minimum Gasteiger partial charge on any atom is -0.361 e. The molecule has 0 radical (unpaired) electrons. The molecule has 0 aromatic carbocycles. The van der Waals surface area contributed by atoms with Crippen LogP contribution in [0.2, 0.25) is 25.7 Å². The van der Waals surface area contributed by atoms with Crippen molar-refractivity contribution in [1.29, 1.82) is 5.26 Å². The van der Waals surface area contributed by atoms with Crippen LogP contribution in [0.15, 0.2) is 35.5 Å². The minimum absolute atomic E-state index is 0.0868. The zero-order valence-corrected chi connectivity index (χ0v) is 21.6. The van der Waals surface area contributed by atoms with Gasteiger partial charge in [0.2, 0.25) is 0 Å². The number of ether oxygens (including phenoxy) is 1. The van der Waals surface area contributed by atoms with E-state index in [9.17, 15) is 10.1 Å². The van der Waals surface area contributed by atoms with E-state index in [1.807, 2.05) is 8.97 Å². The summed E-state index contributed by atoms with van der Waals surface area (Å²) >= 11 is 0. The van der Waals surface area contributed by atoms with E-state index >= 15 is 0 Å². The van der Waals surface area contributed by atoms with Crippen LogP contribution in [0.4, 0.5) is 0 Å². The molecule has 4 aromatic rings. The number of nitrogens with zero attached hydrogens (tertiary/aromatic N) is 7. The maximum atomic E-state index is 13.6. The van der Waals surface area contributed by atoms with E-state index < -0.39 is 8.07 Å². The largest absolute Gasteiger partial charge is 0.361 e. The number of nitriles is 1. The van der Waals surface area contributed by atoms with Crippen LogP contribution in [0.3, 0.4) is 0 Å². The molecule has 4 heterocycles. The summed E-state index contributed by atoms with van der Waals surface area (Å²) in [6.07, 6.45) is 10.5. The highest BCUT2D eigenvalue weighted by atomic mass is 28.3. The summed E-state index contributed by atoms with van der Waals surface area (Å²) in [5.74, 6) is 0.474. The Morgan fingerprint density at radius 1 is 1.14 bits per heavy atom. The highest BCUT2D eigenvalue weighted by Crippen LogP contribution is 2.30. The van der Waals surface area contributed by atoms with Crippen LogP contribution in [0.1, 0.15) is 43.7 Å². The summed E-state index contributed by atoms with van der Waals surface area (Å²) in [7, 11) is -1.22. The monoisotopic (exact) mass is 489 g/mol. The molecule has 1 aliphatic carbocycles. The maximum absolute atomic E-state index is 13.6. The molecule has 0 aliphatic heterocycles. The quantitative estimate of drug-likeness (QED) is 0.278. The van der Waals surface area contributed by atoms with Crippen LogP contribution in [0.25, 0.3) is 28.3 Å². The lowest BCUT2D eigenvalue weighted by molar-refractivity contribution is 0.0867. The molecule has 1 fully saturated rings. The van der Waals surface area contributed by atoms with Crippen molar-refractivity contribution in [2.75, 3.05) is 6.61 Å². The van der Waals surface area contributed by atoms with Crippen LogP contribution in [-0.2, 0) is 11.5 Å². The lowest BCUT2D eigenvalue weighted by atomic mass is 9.95. The molecule has 0 bridgehead atoms. The fourth-order valence-corrected chi connectivity index (χ4v) is 5.48. The third kappa shape index (κ3) is 4.66. The van der Waals surface area contributed by atoms with Gasteiger partial charge < -0.3 is 4.74 Å². The van der Waals surface area contributed by atoms with Gasteiger partial charge in [-0.3, -0.25) is 13.5 Å². The molecule has 4 aromatic heterocycles. The van der Waals surface area contributed by atoms with Crippen molar-refractivity contribution < 1.29 is 4.74 Å². The van der Waals surface area contributed by atoms with Crippen LogP contribution in [0, 0.1) is 11.3 Å². The predicted molar refractivity (Wildman–Crippen MR) is 137 cm³/mol. The molecule has 0 spiro atoms. The van der Waals surface area contributed by atoms with E-state index in [2.05, 4.69) is 35.7 Å². The molecule has 182 valence electrons. The van der Waals surface area contributed by atoms with Crippen LogP contribution < -0.4 is 5.69 Å². The average molecular weight is 490 g/mol. The zero-order valence-electron chi connectivity index (χ0n) is 20.6. The Kier molecular flexibility index (Phi) is 6.29. The first-order chi connectivity index (χ1) is 16.9. The molecule has 35 heavy (non-hydrogen) atoms. The molecule has 5 rings (SSSR count). The summed E-state index contributed by atoms with van der Waals surface area (Å²) in [5.41, 5.74) is 3.15. The van der Waals surface area contributed by atoms with Crippen molar-refractivity contribution in [1.82, 2.24) is 28.5 Å². The second-order valence-corrected chi connectivity index (χ2v) is 16.1. The second-order valence-electron chi connectivity index (χ2n) is 10.5. The van der Waals surface area contributed by atoms with Gasteiger partial charge in [0.15, 0.2) is 11.5 Å². The summed E-state index contributed by atoms with van der Waals surface area (Å²) in [5, 5.41) is 9.32. The number of imidazole rings is 2. The summed E-state index contributed by atoms with van der Waals surface area (Å²) < 4.78 is 11.3. The van der Waals surface area contributed by atoms with Gasteiger partial charge in [-0.1, -0.05) is 38.9 Å². The van der Waals surface area contributed by atoms with Crippen molar-refractivity contribution in [2.24, 2.45) is 0 Å². The van der Waals surface area contributed by atoms with Gasteiger partial charge in [0.05, 0.1) is 18.0 Å². The normalized spacial score (nSPS) is 15.1. The third-order valence-corrected chi connectivity index (χ3v) is 8.43. The van der Waals surface area contributed by atoms with Gasteiger partial charge in [-0.05, 0) is 31.0 Å². The average Bonchev–Trinajstić information content (AvgIpc) is 3.39.